The Morgan fingerprint density at radius 1 is 1.00 bits per heavy atom. The topological polar surface area (TPSA) is 82.2 Å². The average molecular weight is 579 g/mol. The maximum Gasteiger partial charge on any atom is 0.263 e. The standard InChI is InChI=1S/C33H43FN4O4/c1-3-37(38-20-15-26-22-27(34)11-14-31(26)38)33(41)30(21-24-7-5-4-6-8-24)35-32(40)25-9-12-28(13-10-25)42-29-16-18-36(19-17-29)23(2)39/h9-14,22,24,29-30H,3-8,15-21H2,1-2H3,(H,35,40). The maximum absolute atomic E-state index is 14.1. The molecule has 2 heterocycles. The minimum Gasteiger partial charge on any atom is -0.490 e. The highest BCUT2D eigenvalue weighted by Gasteiger charge is 2.34. The fraction of sp³-hybridized carbons (Fsp3) is 0.545. The lowest BCUT2D eigenvalue weighted by atomic mass is 9.84. The van der Waals surface area contributed by atoms with Gasteiger partial charge in [0.2, 0.25) is 5.91 Å². The third-order valence-electron chi connectivity index (χ3n) is 8.96. The van der Waals surface area contributed by atoms with Crippen LogP contribution in [-0.2, 0) is 16.0 Å². The summed E-state index contributed by atoms with van der Waals surface area (Å²) in [6.07, 6.45) is 8.50. The van der Waals surface area contributed by atoms with Gasteiger partial charge in [0.25, 0.3) is 11.8 Å². The molecule has 2 aromatic carbocycles. The fourth-order valence-corrected chi connectivity index (χ4v) is 6.61. The van der Waals surface area contributed by atoms with Gasteiger partial charge >= 0.3 is 0 Å². The number of hydrazine groups is 1. The van der Waals surface area contributed by atoms with Gasteiger partial charge in [-0.1, -0.05) is 32.1 Å². The number of nitrogens with one attached hydrogen (secondary N) is 1. The largest absolute Gasteiger partial charge is 0.490 e. The normalized spacial score (nSPS) is 18.4. The molecule has 2 aliphatic heterocycles. The third-order valence-corrected chi connectivity index (χ3v) is 8.96. The number of hydrogen-bond acceptors (Lipinski definition) is 5. The van der Waals surface area contributed by atoms with Crippen LogP contribution in [0.1, 0.15) is 81.1 Å². The number of fused-ring (bicyclic) bond motifs is 1. The third kappa shape index (κ3) is 7.05. The molecule has 8 nitrogen and oxygen atoms in total. The van der Waals surface area contributed by atoms with Crippen molar-refractivity contribution in [3.63, 3.8) is 0 Å². The second kappa shape index (κ2) is 13.6. The molecular formula is C33H43FN4O4. The van der Waals surface area contributed by atoms with E-state index >= 15 is 0 Å². The van der Waals surface area contributed by atoms with E-state index in [0.29, 0.717) is 56.3 Å². The summed E-state index contributed by atoms with van der Waals surface area (Å²) in [7, 11) is 0. The van der Waals surface area contributed by atoms with Crippen LogP contribution in [-0.4, -0.2) is 66.0 Å². The van der Waals surface area contributed by atoms with E-state index < -0.39 is 6.04 Å². The lowest BCUT2D eigenvalue weighted by Crippen LogP contribution is -2.55. The first-order valence-electron chi connectivity index (χ1n) is 15.5. The molecular weight excluding hydrogens is 535 g/mol. The fourth-order valence-electron chi connectivity index (χ4n) is 6.61. The Bertz CT molecular complexity index is 1260. The second-order valence-electron chi connectivity index (χ2n) is 11.8. The zero-order valence-electron chi connectivity index (χ0n) is 24.8. The molecule has 226 valence electrons. The average Bonchev–Trinajstić information content (AvgIpc) is 3.41. The Kier molecular flexibility index (Phi) is 9.65. The van der Waals surface area contributed by atoms with Crippen LogP contribution < -0.4 is 15.1 Å². The van der Waals surface area contributed by atoms with E-state index in [-0.39, 0.29) is 29.6 Å². The predicted octanol–water partition coefficient (Wildman–Crippen LogP) is 5.11. The highest BCUT2D eigenvalue weighted by Crippen LogP contribution is 2.32. The number of piperidine rings is 1. The summed E-state index contributed by atoms with van der Waals surface area (Å²) in [5, 5.41) is 6.72. The summed E-state index contributed by atoms with van der Waals surface area (Å²) in [5.74, 6) is 0.464. The van der Waals surface area contributed by atoms with E-state index in [1.807, 2.05) is 16.8 Å². The molecule has 0 radical (unpaired) electrons. The quantitative estimate of drug-likeness (QED) is 0.447. The van der Waals surface area contributed by atoms with Gasteiger partial charge in [0.15, 0.2) is 0 Å². The molecule has 5 rings (SSSR count). The van der Waals surface area contributed by atoms with Crippen molar-refractivity contribution in [2.45, 2.75) is 83.8 Å². The van der Waals surface area contributed by atoms with Gasteiger partial charge in [0.05, 0.1) is 5.69 Å². The Hall–Kier alpha value is -3.62. The van der Waals surface area contributed by atoms with E-state index in [0.717, 1.165) is 49.8 Å². The summed E-state index contributed by atoms with van der Waals surface area (Å²) in [6, 6.07) is 11.1. The van der Waals surface area contributed by atoms with E-state index in [2.05, 4.69) is 5.32 Å². The summed E-state index contributed by atoms with van der Waals surface area (Å²) in [5.41, 5.74) is 2.21. The summed E-state index contributed by atoms with van der Waals surface area (Å²) < 4.78 is 20.0. The first-order chi connectivity index (χ1) is 20.3. The molecule has 2 fully saturated rings. The summed E-state index contributed by atoms with van der Waals surface area (Å²) >= 11 is 0. The van der Waals surface area contributed by atoms with Crippen LogP contribution >= 0.6 is 0 Å². The number of carbonyl (C=O) groups excluding carboxylic acids is 3. The van der Waals surface area contributed by atoms with Crippen LogP contribution in [0.25, 0.3) is 0 Å². The molecule has 3 amide bonds. The number of halogens is 1. The number of nitrogens with zero attached hydrogens (tertiary/aromatic N) is 3. The van der Waals surface area contributed by atoms with Gasteiger partial charge < -0.3 is 15.0 Å². The van der Waals surface area contributed by atoms with E-state index in [1.165, 1.54) is 18.6 Å². The minimum atomic E-state index is -0.660. The monoisotopic (exact) mass is 578 g/mol. The second-order valence-corrected chi connectivity index (χ2v) is 11.8. The molecule has 1 atom stereocenters. The van der Waals surface area contributed by atoms with Crippen molar-refractivity contribution in [1.82, 2.24) is 15.2 Å². The Morgan fingerprint density at radius 3 is 2.38 bits per heavy atom. The van der Waals surface area contributed by atoms with Crippen molar-refractivity contribution in [1.29, 1.82) is 0 Å². The lowest BCUT2D eigenvalue weighted by Gasteiger charge is -2.37. The Morgan fingerprint density at radius 2 is 1.71 bits per heavy atom. The first-order valence-corrected chi connectivity index (χ1v) is 15.5. The SMILES string of the molecule is CCN(C(=O)C(CC1CCCCC1)NC(=O)c1ccc(OC2CCN(C(C)=O)CC2)cc1)N1CCc2cc(F)ccc21. The van der Waals surface area contributed by atoms with Crippen LogP contribution in [0.3, 0.4) is 0 Å². The van der Waals surface area contributed by atoms with E-state index in [4.69, 9.17) is 4.74 Å². The number of benzene rings is 2. The molecule has 1 saturated carbocycles. The predicted molar refractivity (Wildman–Crippen MR) is 160 cm³/mol. The van der Waals surface area contributed by atoms with Crippen molar-refractivity contribution in [2.75, 3.05) is 31.2 Å². The highest BCUT2D eigenvalue weighted by molar-refractivity contribution is 5.98. The molecule has 2 aromatic rings. The van der Waals surface area contributed by atoms with Crippen molar-refractivity contribution >= 4 is 23.4 Å². The van der Waals surface area contributed by atoms with Crippen molar-refractivity contribution in [3.8, 4) is 5.75 Å². The van der Waals surface area contributed by atoms with Crippen molar-refractivity contribution < 1.29 is 23.5 Å². The number of ether oxygens (including phenoxy) is 1. The molecule has 1 aliphatic carbocycles. The molecule has 9 heteroatoms. The smallest absolute Gasteiger partial charge is 0.263 e. The van der Waals surface area contributed by atoms with Crippen LogP contribution in [0.15, 0.2) is 42.5 Å². The van der Waals surface area contributed by atoms with Crippen LogP contribution in [0.4, 0.5) is 10.1 Å². The highest BCUT2D eigenvalue weighted by atomic mass is 19.1. The van der Waals surface area contributed by atoms with Gasteiger partial charge in [-0.05, 0) is 73.7 Å². The van der Waals surface area contributed by atoms with E-state index in [9.17, 15) is 18.8 Å². The van der Waals surface area contributed by atoms with Crippen molar-refractivity contribution in [2.24, 2.45) is 5.92 Å². The molecule has 0 bridgehead atoms. The van der Waals surface area contributed by atoms with Crippen LogP contribution in [0, 0.1) is 11.7 Å². The number of hydrogen-bond donors (Lipinski definition) is 1. The molecule has 0 aromatic heterocycles. The number of anilines is 1. The molecule has 0 spiro atoms. The number of amides is 3. The first kappa shape index (κ1) is 29.9. The maximum atomic E-state index is 14.1. The van der Waals surface area contributed by atoms with Gasteiger partial charge in [-0.2, -0.15) is 0 Å². The molecule has 42 heavy (non-hydrogen) atoms. The Balaban J connectivity index is 1.26. The number of likely N-dealkylation sites (tertiary alicyclic amines) is 1. The van der Waals surface area contributed by atoms with Crippen molar-refractivity contribution in [3.05, 3.63) is 59.4 Å². The van der Waals surface area contributed by atoms with E-state index in [1.54, 1.807) is 42.3 Å². The molecule has 1 N–H and O–H groups in total. The summed E-state index contributed by atoms with van der Waals surface area (Å²) in [4.78, 5) is 40.9. The van der Waals surface area contributed by atoms with Gasteiger partial charge in [-0.25, -0.2) is 4.39 Å². The summed E-state index contributed by atoms with van der Waals surface area (Å²) in [6.45, 7) is 5.94. The van der Waals surface area contributed by atoms with Crippen LogP contribution in [0.2, 0.25) is 0 Å². The number of rotatable bonds is 9. The zero-order valence-corrected chi connectivity index (χ0v) is 24.8. The molecule has 1 saturated heterocycles. The van der Waals surface area contributed by atoms with Gasteiger partial charge in [-0.15, -0.1) is 0 Å². The number of carbonyl (C=O) groups is 3. The molecule has 1 unspecified atom stereocenters. The van der Waals surface area contributed by atoms with Crippen LogP contribution in [0.5, 0.6) is 5.75 Å². The molecule has 3 aliphatic rings. The van der Waals surface area contributed by atoms with Gasteiger partial charge in [-0.3, -0.25) is 24.4 Å². The number of likely N-dealkylation sites (N-methyl/N-ethyl adjacent to an activating group) is 1. The van der Waals surface area contributed by atoms with Gasteiger partial charge in [0.1, 0.15) is 23.7 Å². The zero-order chi connectivity index (χ0) is 29.6. The lowest BCUT2D eigenvalue weighted by molar-refractivity contribution is -0.134. The van der Waals surface area contributed by atoms with Gasteiger partial charge in [0, 0.05) is 51.5 Å². The Labute approximate surface area is 248 Å². The minimum absolute atomic E-state index is 0.0324.